The van der Waals surface area contributed by atoms with Crippen LogP contribution >= 0.6 is 23.2 Å². The molecular formula is C27H20Cl2N2O. The largest absolute Gasteiger partial charge is 0.463 e. The van der Waals surface area contributed by atoms with Crippen molar-refractivity contribution in [2.24, 2.45) is 5.10 Å². The maximum atomic E-state index is 6.57. The van der Waals surface area contributed by atoms with Gasteiger partial charge in [0.05, 0.1) is 16.8 Å². The number of hydrogen-bond donors (Lipinski definition) is 0. The van der Waals surface area contributed by atoms with E-state index in [1.807, 2.05) is 6.07 Å². The molecule has 5 heteroatoms. The summed E-state index contributed by atoms with van der Waals surface area (Å²) in [5.41, 5.74) is 5.38. The lowest BCUT2D eigenvalue weighted by molar-refractivity contribution is -0.0189. The molecule has 0 radical (unpaired) electrons. The molecule has 3 nitrogen and oxygen atoms in total. The second kappa shape index (κ2) is 7.54. The van der Waals surface area contributed by atoms with E-state index in [1.165, 1.54) is 16.3 Å². The van der Waals surface area contributed by atoms with Gasteiger partial charge in [-0.05, 0) is 41.5 Å². The van der Waals surface area contributed by atoms with Crippen molar-refractivity contribution >= 4 is 39.7 Å². The fraction of sp³-hybridized carbons (Fsp3) is 0.148. The van der Waals surface area contributed by atoms with Gasteiger partial charge in [0.2, 0.25) is 6.23 Å². The highest BCUT2D eigenvalue weighted by molar-refractivity contribution is 6.35. The van der Waals surface area contributed by atoms with Gasteiger partial charge in [0.15, 0.2) is 0 Å². The van der Waals surface area contributed by atoms with Crippen molar-refractivity contribution in [3.05, 3.63) is 111 Å². The molecule has 158 valence electrons. The van der Waals surface area contributed by atoms with Gasteiger partial charge in [-0.2, -0.15) is 5.10 Å². The van der Waals surface area contributed by atoms with Gasteiger partial charge >= 0.3 is 0 Å². The average molecular weight is 459 g/mol. The highest BCUT2D eigenvalue weighted by Crippen LogP contribution is 2.50. The number of fused-ring (bicyclic) bond motifs is 4. The molecule has 0 N–H and O–H groups in total. The van der Waals surface area contributed by atoms with Crippen LogP contribution in [0.2, 0.25) is 10.0 Å². The zero-order valence-electron chi connectivity index (χ0n) is 17.4. The van der Waals surface area contributed by atoms with Crippen molar-refractivity contribution in [2.45, 2.75) is 25.6 Å². The van der Waals surface area contributed by atoms with Crippen molar-refractivity contribution in [2.75, 3.05) is 0 Å². The van der Waals surface area contributed by atoms with Crippen molar-refractivity contribution in [3.63, 3.8) is 0 Å². The lowest BCUT2D eigenvalue weighted by atomic mass is 9.95. The second-order valence-electron chi connectivity index (χ2n) is 8.40. The predicted octanol–water partition coefficient (Wildman–Crippen LogP) is 7.70. The number of ether oxygens (including phenoxy) is 1. The van der Waals surface area contributed by atoms with Gasteiger partial charge in [-0.25, -0.2) is 5.01 Å². The average Bonchev–Trinajstić information content (AvgIpc) is 3.25. The Morgan fingerprint density at radius 1 is 0.906 bits per heavy atom. The highest BCUT2D eigenvalue weighted by atomic mass is 35.5. The Hall–Kier alpha value is -3.01. The van der Waals surface area contributed by atoms with Crippen LogP contribution < -0.4 is 4.74 Å². The van der Waals surface area contributed by atoms with E-state index in [-0.39, 0.29) is 12.3 Å². The molecule has 0 saturated carbocycles. The lowest BCUT2D eigenvalue weighted by Crippen LogP contribution is -2.33. The van der Waals surface area contributed by atoms with Gasteiger partial charge in [-0.3, -0.25) is 0 Å². The maximum Gasteiger partial charge on any atom is 0.213 e. The third kappa shape index (κ3) is 3.24. The SMILES string of the molecule is Cc1ccc(C2Oc3c(Cl)cc(Cl)cc3C3CC(c4ccc5ccccc5c4)=NN32)cc1. The minimum absolute atomic E-state index is 0.00252. The van der Waals surface area contributed by atoms with Gasteiger partial charge in [0.25, 0.3) is 0 Å². The topological polar surface area (TPSA) is 24.8 Å². The van der Waals surface area contributed by atoms with Crippen LogP contribution in [0.25, 0.3) is 10.8 Å². The van der Waals surface area contributed by atoms with E-state index >= 15 is 0 Å². The number of halogens is 2. The first kappa shape index (κ1) is 19.7. The standard InChI is InChI=1S/C27H20Cl2N2O/c1-16-6-8-18(9-7-16)27-31-25(22-13-21(28)14-23(29)26(22)32-27)15-24(30-31)20-11-10-17-4-2-3-5-19(17)12-20/h2-14,25,27H,15H2,1H3. The molecule has 0 bridgehead atoms. The quantitative estimate of drug-likeness (QED) is 0.307. The van der Waals surface area contributed by atoms with Crippen LogP contribution in [-0.4, -0.2) is 10.7 Å². The molecule has 0 aromatic heterocycles. The molecule has 4 aromatic carbocycles. The molecule has 2 aliphatic heterocycles. The first-order valence-electron chi connectivity index (χ1n) is 10.6. The molecule has 0 fully saturated rings. The van der Waals surface area contributed by atoms with E-state index in [4.69, 9.17) is 33.0 Å². The van der Waals surface area contributed by atoms with E-state index in [9.17, 15) is 0 Å². The van der Waals surface area contributed by atoms with Crippen molar-refractivity contribution in [1.29, 1.82) is 0 Å². The summed E-state index contributed by atoms with van der Waals surface area (Å²) in [7, 11) is 0. The van der Waals surface area contributed by atoms with Crippen LogP contribution in [0.1, 0.15) is 40.9 Å². The first-order valence-corrected chi connectivity index (χ1v) is 11.4. The van der Waals surface area contributed by atoms with Crippen molar-refractivity contribution in [3.8, 4) is 5.75 Å². The smallest absolute Gasteiger partial charge is 0.213 e. The van der Waals surface area contributed by atoms with Gasteiger partial charge in [0, 0.05) is 22.6 Å². The van der Waals surface area contributed by atoms with Crippen LogP contribution in [-0.2, 0) is 0 Å². The van der Waals surface area contributed by atoms with Crippen LogP contribution in [0.3, 0.4) is 0 Å². The molecule has 2 heterocycles. The molecule has 4 aromatic rings. The number of rotatable bonds is 2. The summed E-state index contributed by atoms with van der Waals surface area (Å²) in [5.74, 6) is 0.692. The zero-order chi connectivity index (χ0) is 21.8. The zero-order valence-corrected chi connectivity index (χ0v) is 18.9. The summed E-state index contributed by atoms with van der Waals surface area (Å²) in [6.07, 6.45) is 0.401. The summed E-state index contributed by atoms with van der Waals surface area (Å²) in [6.45, 7) is 2.08. The Morgan fingerprint density at radius 2 is 1.69 bits per heavy atom. The fourth-order valence-corrected chi connectivity index (χ4v) is 5.16. The van der Waals surface area contributed by atoms with E-state index in [1.54, 1.807) is 6.07 Å². The third-order valence-corrected chi connectivity index (χ3v) is 6.75. The summed E-state index contributed by atoms with van der Waals surface area (Å²) in [6, 6.07) is 27.0. The summed E-state index contributed by atoms with van der Waals surface area (Å²) in [5, 5.41) is 10.7. The number of hydrogen-bond acceptors (Lipinski definition) is 3. The first-order chi connectivity index (χ1) is 15.6. The van der Waals surface area contributed by atoms with E-state index < -0.39 is 0 Å². The lowest BCUT2D eigenvalue weighted by Gasteiger charge is -2.38. The molecule has 0 saturated heterocycles. The Bertz CT molecular complexity index is 1380. The minimum atomic E-state index is -0.357. The third-order valence-electron chi connectivity index (χ3n) is 6.25. The Morgan fingerprint density at radius 3 is 2.50 bits per heavy atom. The second-order valence-corrected chi connectivity index (χ2v) is 9.24. The molecule has 6 rings (SSSR count). The highest BCUT2D eigenvalue weighted by Gasteiger charge is 2.42. The number of nitrogens with zero attached hydrogens (tertiary/aromatic N) is 2. The molecule has 32 heavy (non-hydrogen) atoms. The van der Waals surface area contributed by atoms with Crippen LogP contribution in [0.5, 0.6) is 5.75 Å². The van der Waals surface area contributed by atoms with Gasteiger partial charge in [-0.1, -0.05) is 89.4 Å². The predicted molar refractivity (Wildman–Crippen MR) is 131 cm³/mol. The molecule has 0 amide bonds. The van der Waals surface area contributed by atoms with E-state index in [0.29, 0.717) is 15.8 Å². The Kier molecular flexibility index (Phi) is 4.63. The normalized spacial score (nSPS) is 19.3. The molecule has 2 atom stereocenters. The Balaban J connectivity index is 1.47. The van der Waals surface area contributed by atoms with Gasteiger partial charge in [0.1, 0.15) is 5.75 Å². The summed E-state index contributed by atoms with van der Waals surface area (Å²) < 4.78 is 6.44. The molecule has 0 aliphatic carbocycles. The molecule has 2 aliphatic rings. The van der Waals surface area contributed by atoms with Gasteiger partial charge < -0.3 is 4.74 Å². The molecule has 0 spiro atoms. The van der Waals surface area contributed by atoms with Gasteiger partial charge in [-0.15, -0.1) is 0 Å². The fourth-order valence-electron chi connectivity index (χ4n) is 4.61. The van der Waals surface area contributed by atoms with E-state index in [0.717, 1.165) is 28.8 Å². The number of aryl methyl sites for hydroxylation is 1. The molecular weight excluding hydrogens is 439 g/mol. The minimum Gasteiger partial charge on any atom is -0.463 e. The van der Waals surface area contributed by atoms with Crippen molar-refractivity contribution in [1.82, 2.24) is 5.01 Å². The molecule has 2 unspecified atom stereocenters. The monoisotopic (exact) mass is 458 g/mol. The number of benzene rings is 4. The van der Waals surface area contributed by atoms with Crippen molar-refractivity contribution < 1.29 is 4.74 Å². The van der Waals surface area contributed by atoms with Crippen LogP contribution in [0.15, 0.2) is 84.0 Å². The van der Waals surface area contributed by atoms with Crippen LogP contribution in [0.4, 0.5) is 0 Å². The Labute approximate surface area is 196 Å². The van der Waals surface area contributed by atoms with E-state index in [2.05, 4.69) is 78.7 Å². The van der Waals surface area contributed by atoms with Crippen LogP contribution in [0, 0.1) is 6.92 Å². The maximum absolute atomic E-state index is 6.57. The summed E-state index contributed by atoms with van der Waals surface area (Å²) >= 11 is 12.9. The number of hydrazone groups is 1. The summed E-state index contributed by atoms with van der Waals surface area (Å²) in [4.78, 5) is 0.